The molecule has 2 nitrogen and oxygen atoms in total. The molecule has 0 aromatic carbocycles. The molecule has 5 saturated carbocycles. The third-order valence-electron chi connectivity index (χ3n) is 4.19. The Morgan fingerprint density at radius 3 is 1.44 bits per heavy atom. The molecule has 5 rings (SSSR count). The van der Waals surface area contributed by atoms with Gasteiger partial charge in [0.2, 0.25) is 0 Å². The number of hydrogen-bond donors (Lipinski definition) is 1. The van der Waals surface area contributed by atoms with Crippen LogP contribution in [0.2, 0.25) is 0 Å². The van der Waals surface area contributed by atoms with E-state index in [1.165, 1.54) is 0 Å². The summed E-state index contributed by atoms with van der Waals surface area (Å²) in [4.78, 5) is 4.94. The molecule has 0 unspecified atom stereocenters. The van der Waals surface area contributed by atoms with E-state index in [1.54, 1.807) is 0 Å². The van der Waals surface area contributed by atoms with Gasteiger partial charge in [-0.1, -0.05) is 0 Å². The van der Waals surface area contributed by atoms with Crippen molar-refractivity contribution in [1.29, 1.82) is 0 Å². The normalized spacial score (nSPS) is 85.7. The van der Waals surface area contributed by atoms with Gasteiger partial charge in [0.25, 0.3) is 0 Å². The van der Waals surface area contributed by atoms with Gasteiger partial charge in [-0.25, -0.2) is 5.90 Å². The van der Waals surface area contributed by atoms with Gasteiger partial charge < -0.3 is 4.84 Å². The summed E-state index contributed by atoms with van der Waals surface area (Å²) in [5.74, 6) is 11.4. The number of rotatable bonds is 1. The first-order valence-corrected chi connectivity index (χ1v) is 3.80. The van der Waals surface area contributed by atoms with Gasteiger partial charge in [-0.15, -0.1) is 0 Å². The van der Waals surface area contributed by atoms with E-state index in [1.807, 2.05) is 0 Å². The summed E-state index contributed by atoms with van der Waals surface area (Å²) >= 11 is 0. The molecule has 2 N–H and O–H groups in total. The standard InChI is InChI=1S/C7H9NO/c8-9-7-5-1-2(5)4-3(1)6(4)7/h1-7H,8H2. The molecule has 0 saturated heterocycles. The van der Waals surface area contributed by atoms with Gasteiger partial charge >= 0.3 is 0 Å². The molecule has 5 aliphatic rings. The van der Waals surface area contributed by atoms with Gasteiger partial charge in [0.1, 0.15) is 0 Å². The molecule has 5 fully saturated rings. The summed E-state index contributed by atoms with van der Waals surface area (Å²) in [6, 6.07) is 0. The van der Waals surface area contributed by atoms with Crippen molar-refractivity contribution in [2.75, 3.05) is 0 Å². The minimum Gasteiger partial charge on any atom is -0.301 e. The quantitative estimate of drug-likeness (QED) is 0.498. The zero-order valence-electron chi connectivity index (χ0n) is 5.03. The molecule has 9 heavy (non-hydrogen) atoms. The van der Waals surface area contributed by atoms with Crippen LogP contribution >= 0.6 is 0 Å². The van der Waals surface area contributed by atoms with Gasteiger partial charge in [-0.2, -0.15) is 0 Å². The van der Waals surface area contributed by atoms with E-state index in [9.17, 15) is 0 Å². The van der Waals surface area contributed by atoms with E-state index in [-0.39, 0.29) is 0 Å². The molecule has 2 heteroatoms. The second kappa shape index (κ2) is 0.789. The molecule has 0 spiro atoms. The Hall–Kier alpha value is -0.0800. The monoisotopic (exact) mass is 123 g/mol. The van der Waals surface area contributed by atoms with Crippen molar-refractivity contribution in [1.82, 2.24) is 0 Å². The fraction of sp³-hybridized carbons (Fsp3) is 1.00. The molecule has 0 amide bonds. The van der Waals surface area contributed by atoms with Gasteiger partial charge in [-0.3, -0.25) is 0 Å². The minimum atomic E-state index is 0.495. The van der Waals surface area contributed by atoms with Gasteiger partial charge in [0.05, 0.1) is 6.10 Å². The van der Waals surface area contributed by atoms with E-state index in [0.717, 1.165) is 35.5 Å². The first-order valence-electron chi connectivity index (χ1n) is 3.80. The van der Waals surface area contributed by atoms with Crippen molar-refractivity contribution in [3.05, 3.63) is 0 Å². The highest BCUT2D eigenvalue weighted by atomic mass is 16.6. The summed E-state index contributed by atoms with van der Waals surface area (Å²) in [5, 5.41) is 0. The van der Waals surface area contributed by atoms with Gasteiger partial charge in [0, 0.05) is 0 Å². The van der Waals surface area contributed by atoms with Crippen molar-refractivity contribution >= 4 is 0 Å². The average molecular weight is 123 g/mol. The van der Waals surface area contributed by atoms with Crippen LogP contribution < -0.4 is 5.90 Å². The van der Waals surface area contributed by atoms with Crippen LogP contribution in [0.5, 0.6) is 0 Å². The van der Waals surface area contributed by atoms with Crippen LogP contribution in [0.15, 0.2) is 0 Å². The Labute approximate surface area is 53.3 Å². The molecule has 0 heterocycles. The predicted molar refractivity (Wildman–Crippen MR) is 30.0 cm³/mol. The Morgan fingerprint density at radius 1 is 0.778 bits per heavy atom. The summed E-state index contributed by atoms with van der Waals surface area (Å²) < 4.78 is 0. The predicted octanol–water partition coefficient (Wildman–Crippen LogP) is -0.00310. The zero-order chi connectivity index (χ0) is 5.75. The van der Waals surface area contributed by atoms with Crippen molar-refractivity contribution in [3.8, 4) is 0 Å². The first kappa shape index (κ1) is 3.94. The molecule has 5 aliphatic carbocycles. The lowest BCUT2D eigenvalue weighted by Gasteiger charge is -2.04. The van der Waals surface area contributed by atoms with E-state index in [0.29, 0.717) is 6.10 Å². The van der Waals surface area contributed by atoms with Crippen LogP contribution in [0.1, 0.15) is 0 Å². The lowest BCUT2D eigenvalue weighted by atomic mass is 10.0. The number of nitrogens with two attached hydrogens (primary N) is 1. The molecule has 0 aromatic rings. The molecule has 0 aromatic heterocycles. The average Bonchev–Trinajstić information content (AvgIpc) is 2.50. The van der Waals surface area contributed by atoms with E-state index < -0.39 is 0 Å². The van der Waals surface area contributed by atoms with Crippen LogP contribution in [-0.2, 0) is 4.84 Å². The zero-order valence-corrected chi connectivity index (χ0v) is 5.03. The third-order valence-corrected chi connectivity index (χ3v) is 4.19. The van der Waals surface area contributed by atoms with Gasteiger partial charge in [0.15, 0.2) is 0 Å². The molecule has 2 bridgehead atoms. The fourth-order valence-corrected chi connectivity index (χ4v) is 3.99. The van der Waals surface area contributed by atoms with E-state index >= 15 is 0 Å². The SMILES string of the molecule is NOC1C2C3C2C2C1C32. The maximum absolute atomic E-state index is 5.18. The largest absolute Gasteiger partial charge is 0.301 e. The smallest absolute Gasteiger partial charge is 0.0854 e. The van der Waals surface area contributed by atoms with E-state index in [2.05, 4.69) is 0 Å². The Morgan fingerprint density at radius 2 is 1.22 bits per heavy atom. The summed E-state index contributed by atoms with van der Waals surface area (Å²) in [6.07, 6.45) is 0.495. The topological polar surface area (TPSA) is 35.2 Å². The van der Waals surface area contributed by atoms with Crippen molar-refractivity contribution in [2.45, 2.75) is 6.10 Å². The Kier molecular flexibility index (Phi) is 0.345. The maximum atomic E-state index is 5.18. The lowest BCUT2D eigenvalue weighted by molar-refractivity contribution is 0.0363. The summed E-state index contributed by atoms with van der Waals surface area (Å²) in [7, 11) is 0. The van der Waals surface area contributed by atoms with Gasteiger partial charge in [-0.05, 0) is 35.5 Å². The highest BCUT2D eigenvalue weighted by Gasteiger charge is 2.92. The summed E-state index contributed by atoms with van der Waals surface area (Å²) in [5.41, 5.74) is 0. The number of hydrogen-bond acceptors (Lipinski definition) is 2. The summed E-state index contributed by atoms with van der Waals surface area (Å²) in [6.45, 7) is 0. The van der Waals surface area contributed by atoms with Crippen LogP contribution in [0.4, 0.5) is 0 Å². The second-order valence-corrected chi connectivity index (χ2v) is 4.06. The molecule has 0 aliphatic heterocycles. The van der Waals surface area contributed by atoms with Crippen molar-refractivity contribution in [3.63, 3.8) is 0 Å². The highest BCUT2D eigenvalue weighted by Crippen LogP contribution is 2.92. The third kappa shape index (κ3) is 0.193. The molecular formula is C7H9NO. The van der Waals surface area contributed by atoms with Crippen molar-refractivity contribution in [2.24, 2.45) is 41.4 Å². The van der Waals surface area contributed by atoms with Crippen LogP contribution in [0.25, 0.3) is 0 Å². The first-order chi connectivity index (χ1) is 4.45. The minimum absolute atomic E-state index is 0.495. The molecule has 48 valence electrons. The molecule has 0 radical (unpaired) electrons. The lowest BCUT2D eigenvalue weighted by Crippen LogP contribution is -2.18. The van der Waals surface area contributed by atoms with E-state index in [4.69, 9.17) is 10.7 Å². The highest BCUT2D eigenvalue weighted by molar-refractivity contribution is 5.38. The van der Waals surface area contributed by atoms with Crippen molar-refractivity contribution < 1.29 is 4.84 Å². The maximum Gasteiger partial charge on any atom is 0.0854 e. The molecular weight excluding hydrogens is 114 g/mol. The van der Waals surface area contributed by atoms with Crippen LogP contribution in [0.3, 0.4) is 0 Å². The fourth-order valence-electron chi connectivity index (χ4n) is 3.99. The second-order valence-electron chi connectivity index (χ2n) is 4.06. The molecule has 0 atom stereocenters. The van der Waals surface area contributed by atoms with Crippen LogP contribution in [0, 0.1) is 35.5 Å². The van der Waals surface area contributed by atoms with Crippen LogP contribution in [-0.4, -0.2) is 6.10 Å². The Bertz CT molecular complexity index is 161. The Balaban J connectivity index is 1.87.